The van der Waals surface area contributed by atoms with Gasteiger partial charge in [0.1, 0.15) is 5.75 Å². The quantitative estimate of drug-likeness (QED) is 0.871. The van der Waals surface area contributed by atoms with Gasteiger partial charge in [-0.2, -0.15) is 0 Å². The van der Waals surface area contributed by atoms with Gasteiger partial charge >= 0.3 is 0 Å². The lowest BCUT2D eigenvalue weighted by molar-refractivity contribution is -0.129. The second-order valence-corrected chi connectivity index (χ2v) is 6.26. The van der Waals surface area contributed by atoms with Crippen LogP contribution in [0.15, 0.2) is 24.3 Å². The van der Waals surface area contributed by atoms with Gasteiger partial charge in [0.05, 0.1) is 12.5 Å². The molecule has 0 unspecified atom stereocenters. The van der Waals surface area contributed by atoms with Gasteiger partial charge in [-0.05, 0) is 36.5 Å². The zero-order valence-electron chi connectivity index (χ0n) is 12.7. The van der Waals surface area contributed by atoms with E-state index in [0.717, 1.165) is 37.9 Å². The van der Waals surface area contributed by atoms with Crippen molar-refractivity contribution in [3.8, 4) is 5.75 Å². The topological polar surface area (TPSA) is 41.6 Å². The highest BCUT2D eigenvalue weighted by atomic mass is 16.5. The minimum Gasteiger partial charge on any atom is -0.493 e. The van der Waals surface area contributed by atoms with Gasteiger partial charge in [-0.3, -0.25) is 9.69 Å². The van der Waals surface area contributed by atoms with Crippen molar-refractivity contribution in [1.29, 1.82) is 0 Å². The zero-order valence-corrected chi connectivity index (χ0v) is 12.7. The Kier molecular flexibility index (Phi) is 4.44. The smallest absolute Gasteiger partial charge is 0.225 e. The van der Waals surface area contributed by atoms with Crippen LogP contribution >= 0.6 is 0 Å². The molecule has 1 amide bonds. The van der Waals surface area contributed by atoms with Crippen LogP contribution in [0.2, 0.25) is 0 Å². The molecule has 114 valence electrons. The third-order valence-electron chi connectivity index (χ3n) is 4.61. The Labute approximate surface area is 126 Å². The molecular weight excluding hydrogens is 264 g/mol. The molecule has 21 heavy (non-hydrogen) atoms. The number of nitrogens with one attached hydrogen (secondary N) is 1. The van der Waals surface area contributed by atoms with Gasteiger partial charge in [0.15, 0.2) is 0 Å². The molecule has 1 saturated carbocycles. The number of rotatable bonds is 6. The number of carbonyl (C=O) groups is 1. The third-order valence-corrected chi connectivity index (χ3v) is 4.61. The van der Waals surface area contributed by atoms with Crippen LogP contribution in [0, 0.1) is 11.8 Å². The highest BCUT2D eigenvalue weighted by Gasteiger charge is 2.31. The van der Waals surface area contributed by atoms with E-state index in [4.69, 9.17) is 4.74 Å². The molecule has 0 aromatic heterocycles. The van der Waals surface area contributed by atoms with Crippen LogP contribution in [-0.4, -0.2) is 37.6 Å². The molecule has 2 fully saturated rings. The molecule has 1 N–H and O–H groups in total. The van der Waals surface area contributed by atoms with Crippen LogP contribution in [0.4, 0.5) is 0 Å². The van der Waals surface area contributed by atoms with E-state index in [2.05, 4.69) is 34.5 Å². The zero-order chi connectivity index (χ0) is 14.7. The summed E-state index contributed by atoms with van der Waals surface area (Å²) in [7, 11) is 1.70. The van der Waals surface area contributed by atoms with Crippen molar-refractivity contribution in [3.05, 3.63) is 29.8 Å². The number of carbonyl (C=O) groups excluding carboxylic acids is 1. The number of nitrogens with zero attached hydrogens (tertiary/aromatic N) is 1. The summed E-state index contributed by atoms with van der Waals surface area (Å²) in [6, 6.07) is 8.38. The summed E-state index contributed by atoms with van der Waals surface area (Å²) in [6.07, 6.45) is 4.00. The molecule has 0 atom stereocenters. The Balaban J connectivity index is 1.41. The Morgan fingerprint density at radius 2 is 2.00 bits per heavy atom. The van der Waals surface area contributed by atoms with Crippen molar-refractivity contribution in [2.24, 2.45) is 11.8 Å². The maximum absolute atomic E-state index is 11.4. The fourth-order valence-electron chi connectivity index (χ4n) is 2.89. The van der Waals surface area contributed by atoms with E-state index in [0.29, 0.717) is 0 Å². The lowest BCUT2D eigenvalue weighted by atomic mass is 9.86. The van der Waals surface area contributed by atoms with Gasteiger partial charge in [-0.1, -0.05) is 18.6 Å². The largest absolute Gasteiger partial charge is 0.493 e. The maximum atomic E-state index is 11.4. The predicted octanol–water partition coefficient (Wildman–Crippen LogP) is 2.04. The third kappa shape index (κ3) is 3.56. The van der Waals surface area contributed by atoms with Crippen LogP contribution in [-0.2, 0) is 11.3 Å². The molecule has 1 aliphatic carbocycles. The second-order valence-electron chi connectivity index (χ2n) is 6.26. The van der Waals surface area contributed by atoms with Crippen molar-refractivity contribution in [3.63, 3.8) is 0 Å². The fraction of sp³-hybridized carbons (Fsp3) is 0.588. The van der Waals surface area contributed by atoms with Gasteiger partial charge in [0.25, 0.3) is 0 Å². The predicted molar refractivity (Wildman–Crippen MR) is 82.1 cm³/mol. The number of likely N-dealkylation sites (tertiary alicyclic amines) is 1. The van der Waals surface area contributed by atoms with Gasteiger partial charge in [0, 0.05) is 26.7 Å². The minimum atomic E-state index is 0.158. The summed E-state index contributed by atoms with van der Waals surface area (Å²) in [5.74, 6) is 2.07. The highest BCUT2D eigenvalue weighted by Crippen LogP contribution is 2.27. The molecule has 1 heterocycles. The minimum absolute atomic E-state index is 0.158. The highest BCUT2D eigenvalue weighted by molar-refractivity contribution is 5.79. The first-order valence-corrected chi connectivity index (χ1v) is 7.90. The number of hydrogen-bond donors (Lipinski definition) is 1. The van der Waals surface area contributed by atoms with Gasteiger partial charge in [-0.15, -0.1) is 0 Å². The monoisotopic (exact) mass is 288 g/mol. The van der Waals surface area contributed by atoms with E-state index in [-0.39, 0.29) is 11.8 Å². The van der Waals surface area contributed by atoms with Crippen molar-refractivity contribution >= 4 is 5.91 Å². The first-order valence-electron chi connectivity index (χ1n) is 7.90. The van der Waals surface area contributed by atoms with Crippen molar-refractivity contribution in [2.45, 2.75) is 25.8 Å². The molecule has 1 saturated heterocycles. The summed E-state index contributed by atoms with van der Waals surface area (Å²) >= 11 is 0. The number of hydrogen-bond acceptors (Lipinski definition) is 3. The number of benzene rings is 1. The molecule has 1 aromatic rings. The first kappa shape index (κ1) is 14.4. The Bertz CT molecular complexity index is 476. The Morgan fingerprint density at radius 3 is 2.57 bits per heavy atom. The summed E-state index contributed by atoms with van der Waals surface area (Å²) in [6.45, 7) is 3.49. The maximum Gasteiger partial charge on any atom is 0.225 e. The standard InChI is InChI=1S/C17H24N2O2/c1-18-17(20)15-10-19(11-15)9-13-5-7-16(8-6-13)21-12-14-3-2-4-14/h5-8,14-15H,2-4,9-12H2,1H3,(H,18,20). The van der Waals surface area contributed by atoms with E-state index in [1.807, 2.05) is 0 Å². The van der Waals surface area contributed by atoms with Crippen molar-refractivity contribution in [1.82, 2.24) is 10.2 Å². The first-order chi connectivity index (χ1) is 10.2. The van der Waals surface area contributed by atoms with Crippen LogP contribution in [0.5, 0.6) is 5.75 Å². The number of ether oxygens (including phenoxy) is 1. The molecular formula is C17H24N2O2. The van der Waals surface area contributed by atoms with Crippen LogP contribution in [0.25, 0.3) is 0 Å². The normalized spacial score (nSPS) is 19.7. The van der Waals surface area contributed by atoms with E-state index >= 15 is 0 Å². The Morgan fingerprint density at radius 1 is 1.29 bits per heavy atom. The summed E-state index contributed by atoms with van der Waals surface area (Å²) in [5, 5.41) is 2.71. The molecule has 4 nitrogen and oxygen atoms in total. The summed E-state index contributed by atoms with van der Waals surface area (Å²) < 4.78 is 5.81. The molecule has 0 bridgehead atoms. The van der Waals surface area contributed by atoms with Gasteiger partial charge in [-0.25, -0.2) is 0 Å². The van der Waals surface area contributed by atoms with E-state index < -0.39 is 0 Å². The molecule has 1 aliphatic heterocycles. The lowest BCUT2D eigenvalue weighted by Crippen LogP contribution is -2.52. The molecule has 0 radical (unpaired) electrons. The molecule has 2 aliphatic rings. The molecule has 4 heteroatoms. The van der Waals surface area contributed by atoms with E-state index in [1.54, 1.807) is 7.05 Å². The lowest BCUT2D eigenvalue weighted by Gasteiger charge is -2.38. The molecule has 0 spiro atoms. The SMILES string of the molecule is CNC(=O)C1CN(Cc2ccc(OCC3CCC3)cc2)C1. The van der Waals surface area contributed by atoms with Gasteiger partial charge < -0.3 is 10.1 Å². The fourth-order valence-corrected chi connectivity index (χ4v) is 2.89. The van der Waals surface area contributed by atoms with E-state index in [9.17, 15) is 4.79 Å². The van der Waals surface area contributed by atoms with Crippen LogP contribution in [0.3, 0.4) is 0 Å². The van der Waals surface area contributed by atoms with Crippen molar-refractivity contribution in [2.75, 3.05) is 26.7 Å². The average Bonchev–Trinajstić information content (AvgIpc) is 2.41. The summed E-state index contributed by atoms with van der Waals surface area (Å²) in [4.78, 5) is 13.7. The second kappa shape index (κ2) is 6.48. The Hall–Kier alpha value is -1.55. The van der Waals surface area contributed by atoms with Crippen LogP contribution in [0.1, 0.15) is 24.8 Å². The van der Waals surface area contributed by atoms with E-state index in [1.165, 1.54) is 24.8 Å². The summed E-state index contributed by atoms with van der Waals surface area (Å²) in [5.41, 5.74) is 1.28. The number of amides is 1. The van der Waals surface area contributed by atoms with Gasteiger partial charge in [0.2, 0.25) is 5.91 Å². The average molecular weight is 288 g/mol. The molecule has 3 rings (SSSR count). The van der Waals surface area contributed by atoms with Crippen LogP contribution < -0.4 is 10.1 Å². The molecule has 1 aromatic carbocycles. The van der Waals surface area contributed by atoms with Crippen molar-refractivity contribution < 1.29 is 9.53 Å².